The number of benzene rings is 1. The Morgan fingerprint density at radius 1 is 1.00 bits per heavy atom. The lowest BCUT2D eigenvalue weighted by atomic mass is 10.1. The van der Waals surface area contributed by atoms with Gasteiger partial charge >= 0.3 is 5.97 Å². The summed E-state index contributed by atoms with van der Waals surface area (Å²) in [4.78, 5) is 47.4. The van der Waals surface area contributed by atoms with Gasteiger partial charge in [-0.05, 0) is 18.9 Å². The fourth-order valence-electron chi connectivity index (χ4n) is 2.30. The van der Waals surface area contributed by atoms with Crippen molar-refractivity contribution in [2.75, 3.05) is 12.4 Å². The molecule has 160 valence electrons. The number of hydrogen-bond donors (Lipinski definition) is 7. The van der Waals surface area contributed by atoms with Crippen molar-refractivity contribution in [3.63, 3.8) is 0 Å². The molecule has 1 aromatic carbocycles. The zero-order chi connectivity index (χ0) is 22.0. The number of thiol groups is 1. The third-order valence-corrected chi connectivity index (χ3v) is 4.37. The number of carboxylic acid groups (broad SMARTS) is 1. The second kappa shape index (κ2) is 12.0. The lowest BCUT2D eigenvalue weighted by molar-refractivity contribution is -0.143. The van der Waals surface area contributed by atoms with Crippen LogP contribution in [0, 0.1) is 0 Å². The molecule has 7 N–H and O–H groups in total. The molecule has 10 nitrogen and oxygen atoms in total. The van der Waals surface area contributed by atoms with Crippen molar-refractivity contribution < 1.29 is 29.4 Å². The zero-order valence-electron chi connectivity index (χ0n) is 15.9. The highest BCUT2D eigenvalue weighted by molar-refractivity contribution is 7.80. The molecule has 0 bridgehead atoms. The summed E-state index contributed by atoms with van der Waals surface area (Å²) in [7, 11) is 0. The number of nitrogens with one attached hydrogen (secondary N) is 3. The molecule has 0 heterocycles. The Morgan fingerprint density at radius 3 is 2.10 bits per heavy atom. The molecule has 0 saturated carbocycles. The van der Waals surface area contributed by atoms with Crippen LogP contribution in [-0.4, -0.2) is 70.4 Å². The second-order valence-electron chi connectivity index (χ2n) is 6.35. The largest absolute Gasteiger partial charge is 0.480 e. The molecule has 11 heteroatoms. The quantitative estimate of drug-likeness (QED) is 0.201. The van der Waals surface area contributed by atoms with Crippen molar-refractivity contribution in [1.29, 1.82) is 0 Å². The minimum absolute atomic E-state index is 0.121. The monoisotopic (exact) mass is 426 g/mol. The predicted molar refractivity (Wildman–Crippen MR) is 108 cm³/mol. The van der Waals surface area contributed by atoms with E-state index in [1.807, 2.05) is 30.3 Å². The molecule has 0 saturated heterocycles. The van der Waals surface area contributed by atoms with Crippen molar-refractivity contribution in [2.45, 2.75) is 37.5 Å². The number of rotatable bonds is 11. The lowest BCUT2D eigenvalue weighted by Crippen LogP contribution is -2.57. The fraction of sp³-hybridized carbons (Fsp3) is 0.444. The first-order valence-corrected chi connectivity index (χ1v) is 9.48. The van der Waals surface area contributed by atoms with Crippen LogP contribution in [-0.2, 0) is 25.6 Å². The smallest absolute Gasteiger partial charge is 0.328 e. The summed E-state index contributed by atoms with van der Waals surface area (Å²) in [6.07, 6.45) is 0.292. The van der Waals surface area contributed by atoms with Crippen molar-refractivity contribution >= 4 is 36.3 Å². The van der Waals surface area contributed by atoms with Crippen LogP contribution in [0.3, 0.4) is 0 Å². The van der Waals surface area contributed by atoms with Gasteiger partial charge in [0.25, 0.3) is 0 Å². The van der Waals surface area contributed by atoms with Gasteiger partial charge in [0.2, 0.25) is 17.7 Å². The molecule has 3 amide bonds. The maximum atomic E-state index is 12.3. The van der Waals surface area contributed by atoms with Crippen LogP contribution >= 0.6 is 12.6 Å². The van der Waals surface area contributed by atoms with Crippen molar-refractivity contribution in [3.8, 4) is 0 Å². The Kier molecular flexibility index (Phi) is 10.1. The minimum Gasteiger partial charge on any atom is -0.480 e. The van der Waals surface area contributed by atoms with Crippen LogP contribution in [0.4, 0.5) is 0 Å². The zero-order valence-corrected chi connectivity index (χ0v) is 16.8. The highest BCUT2D eigenvalue weighted by Gasteiger charge is 2.27. The molecule has 0 fully saturated rings. The first kappa shape index (κ1) is 24.4. The number of carboxylic acids is 1. The molecule has 0 aromatic heterocycles. The SMILES string of the molecule is CC(NC(=O)C(N)Cc1ccccc1)C(=O)NC(CS)C(=O)NC(CO)C(=O)O. The molecular formula is C18H26N4O6S. The number of hydrogen-bond acceptors (Lipinski definition) is 7. The Balaban J connectivity index is 2.59. The van der Waals surface area contributed by atoms with Crippen LogP contribution < -0.4 is 21.7 Å². The third-order valence-electron chi connectivity index (χ3n) is 4.00. The average Bonchev–Trinajstić information content (AvgIpc) is 2.69. The van der Waals surface area contributed by atoms with Gasteiger partial charge in [-0.2, -0.15) is 12.6 Å². The predicted octanol–water partition coefficient (Wildman–Crippen LogP) is -1.96. The number of aliphatic carboxylic acids is 1. The van der Waals surface area contributed by atoms with Crippen molar-refractivity contribution in [1.82, 2.24) is 16.0 Å². The van der Waals surface area contributed by atoms with E-state index in [2.05, 4.69) is 28.6 Å². The summed E-state index contributed by atoms with van der Waals surface area (Å²) in [6.45, 7) is 0.615. The van der Waals surface area contributed by atoms with Gasteiger partial charge in [0.05, 0.1) is 12.6 Å². The fourth-order valence-corrected chi connectivity index (χ4v) is 2.55. The summed E-state index contributed by atoms with van der Waals surface area (Å²) >= 11 is 3.97. The van der Waals surface area contributed by atoms with E-state index in [0.29, 0.717) is 6.42 Å². The summed E-state index contributed by atoms with van der Waals surface area (Å²) in [5, 5.41) is 24.8. The number of carbonyl (C=O) groups excluding carboxylic acids is 3. The molecule has 0 spiro atoms. The molecule has 0 aliphatic carbocycles. The molecule has 1 aromatic rings. The van der Waals surface area contributed by atoms with Crippen LogP contribution in [0.5, 0.6) is 0 Å². The molecular weight excluding hydrogens is 400 g/mol. The standard InChI is InChI=1S/C18H26N4O6S/c1-10(20-16(25)12(19)7-11-5-3-2-4-6-11)15(24)22-14(9-29)17(26)21-13(8-23)18(27)28/h2-6,10,12-14,23,29H,7-9,19H2,1H3,(H,20,25)(H,21,26)(H,22,24)(H,27,28). The van der Waals surface area contributed by atoms with E-state index in [4.69, 9.17) is 15.9 Å². The number of carbonyl (C=O) groups is 4. The van der Waals surface area contributed by atoms with Crippen molar-refractivity contribution in [3.05, 3.63) is 35.9 Å². The number of nitrogens with two attached hydrogens (primary N) is 1. The number of aliphatic hydroxyl groups excluding tert-OH is 1. The van der Waals surface area contributed by atoms with Gasteiger partial charge in [0.1, 0.15) is 18.1 Å². The van der Waals surface area contributed by atoms with Gasteiger partial charge < -0.3 is 31.9 Å². The van der Waals surface area contributed by atoms with Gasteiger partial charge in [0, 0.05) is 5.75 Å². The Morgan fingerprint density at radius 2 is 1.59 bits per heavy atom. The van der Waals surface area contributed by atoms with Crippen LogP contribution in [0.2, 0.25) is 0 Å². The van der Waals surface area contributed by atoms with E-state index >= 15 is 0 Å². The molecule has 1 rings (SSSR count). The normalized spacial score (nSPS) is 14.8. The van der Waals surface area contributed by atoms with E-state index in [1.54, 1.807) is 0 Å². The maximum Gasteiger partial charge on any atom is 0.328 e. The summed E-state index contributed by atoms with van der Waals surface area (Å²) < 4.78 is 0. The van der Waals surface area contributed by atoms with E-state index in [-0.39, 0.29) is 5.75 Å². The topological polar surface area (TPSA) is 171 Å². The van der Waals surface area contributed by atoms with Gasteiger partial charge in [-0.3, -0.25) is 14.4 Å². The highest BCUT2D eigenvalue weighted by Crippen LogP contribution is 2.02. The van der Waals surface area contributed by atoms with E-state index < -0.39 is 54.5 Å². The molecule has 29 heavy (non-hydrogen) atoms. The summed E-state index contributed by atoms with van der Waals surface area (Å²) in [5.74, 6) is -3.57. The first-order chi connectivity index (χ1) is 13.7. The van der Waals surface area contributed by atoms with E-state index in [9.17, 15) is 19.2 Å². The van der Waals surface area contributed by atoms with Gasteiger partial charge in [-0.15, -0.1) is 0 Å². The highest BCUT2D eigenvalue weighted by atomic mass is 32.1. The van der Waals surface area contributed by atoms with Crippen molar-refractivity contribution in [2.24, 2.45) is 5.73 Å². The molecule has 4 unspecified atom stereocenters. The Hall–Kier alpha value is -2.63. The van der Waals surface area contributed by atoms with Crippen LogP contribution in [0.15, 0.2) is 30.3 Å². The summed E-state index contributed by atoms with van der Waals surface area (Å²) in [5.41, 5.74) is 6.74. The van der Waals surface area contributed by atoms with Crippen LogP contribution in [0.25, 0.3) is 0 Å². The third kappa shape index (κ3) is 8.10. The second-order valence-corrected chi connectivity index (χ2v) is 6.72. The number of amides is 3. The van der Waals surface area contributed by atoms with E-state index in [0.717, 1.165) is 5.56 Å². The molecule has 0 aliphatic heterocycles. The summed E-state index contributed by atoms with van der Waals surface area (Å²) in [6, 6.07) is 4.63. The van der Waals surface area contributed by atoms with Gasteiger partial charge in [0.15, 0.2) is 0 Å². The van der Waals surface area contributed by atoms with Gasteiger partial charge in [-0.25, -0.2) is 4.79 Å². The van der Waals surface area contributed by atoms with Gasteiger partial charge in [-0.1, -0.05) is 30.3 Å². The molecule has 0 aliphatic rings. The molecule has 4 atom stereocenters. The maximum absolute atomic E-state index is 12.3. The van der Waals surface area contributed by atoms with Crippen LogP contribution in [0.1, 0.15) is 12.5 Å². The van der Waals surface area contributed by atoms with E-state index in [1.165, 1.54) is 6.92 Å². The minimum atomic E-state index is -1.50. The Bertz CT molecular complexity index is 718. The first-order valence-electron chi connectivity index (χ1n) is 8.84. The molecule has 0 radical (unpaired) electrons. The Labute approximate surface area is 173 Å². The average molecular weight is 426 g/mol. The number of aliphatic hydroxyl groups is 1. The lowest BCUT2D eigenvalue weighted by Gasteiger charge is -2.22.